The molecular weight excluding hydrogens is 449 g/mol. The smallest absolute Gasteiger partial charge is 0.191 e. The van der Waals surface area contributed by atoms with Gasteiger partial charge in [0.05, 0.1) is 11.5 Å². The first-order valence-corrected chi connectivity index (χ1v) is 11.6. The third kappa shape index (κ3) is 6.88. The maximum Gasteiger partial charge on any atom is 0.191 e. The third-order valence-corrected chi connectivity index (χ3v) is 7.65. The summed E-state index contributed by atoms with van der Waals surface area (Å²) >= 11 is 0. The average Bonchev–Trinajstić information content (AvgIpc) is 3.11. The van der Waals surface area contributed by atoms with E-state index in [1.54, 1.807) is 0 Å². The standard InChI is InChI=1S/C18H33N3O2S.HI/c1-14-7-8-17(11-14)21-18(20-16-5-3-2-4-6-16)19-12-15-9-10-24(22,23)13-15;/h14-17H,2-13H2,1H3,(H2,19,20,21);1H. The van der Waals surface area contributed by atoms with Crippen LogP contribution in [0.2, 0.25) is 0 Å². The summed E-state index contributed by atoms with van der Waals surface area (Å²) < 4.78 is 23.3. The monoisotopic (exact) mass is 483 g/mol. The molecule has 25 heavy (non-hydrogen) atoms. The second kappa shape index (κ2) is 9.76. The molecule has 0 bridgehead atoms. The summed E-state index contributed by atoms with van der Waals surface area (Å²) in [6.45, 7) is 2.94. The predicted octanol–water partition coefficient (Wildman–Crippen LogP) is 3.10. The zero-order valence-electron chi connectivity index (χ0n) is 15.4. The van der Waals surface area contributed by atoms with Crippen LogP contribution in [-0.2, 0) is 9.84 Å². The maximum atomic E-state index is 11.6. The molecular formula is C18H34IN3O2S. The van der Waals surface area contributed by atoms with Gasteiger partial charge in [-0.05, 0) is 50.4 Å². The van der Waals surface area contributed by atoms with Crippen LogP contribution in [0.15, 0.2) is 4.99 Å². The molecule has 5 nitrogen and oxygen atoms in total. The molecule has 3 unspecified atom stereocenters. The van der Waals surface area contributed by atoms with Gasteiger partial charge in [-0.1, -0.05) is 26.2 Å². The summed E-state index contributed by atoms with van der Waals surface area (Å²) in [7, 11) is -2.81. The molecule has 146 valence electrons. The second-order valence-corrected chi connectivity index (χ2v) is 10.4. The lowest BCUT2D eigenvalue weighted by Crippen LogP contribution is -2.47. The number of nitrogens with zero attached hydrogens (tertiary/aromatic N) is 1. The van der Waals surface area contributed by atoms with Gasteiger partial charge in [0.1, 0.15) is 0 Å². The number of hydrogen-bond acceptors (Lipinski definition) is 3. The highest BCUT2D eigenvalue weighted by Gasteiger charge is 2.28. The van der Waals surface area contributed by atoms with E-state index in [2.05, 4.69) is 17.6 Å². The van der Waals surface area contributed by atoms with Crippen LogP contribution in [0.5, 0.6) is 0 Å². The van der Waals surface area contributed by atoms with Crippen molar-refractivity contribution >= 4 is 39.8 Å². The van der Waals surface area contributed by atoms with Crippen LogP contribution in [0, 0.1) is 11.8 Å². The summed E-state index contributed by atoms with van der Waals surface area (Å²) in [6.07, 6.45) is 10.9. The Bertz CT molecular complexity index is 538. The normalized spacial score (nSPS) is 33.0. The Morgan fingerprint density at radius 1 is 1.00 bits per heavy atom. The van der Waals surface area contributed by atoms with Crippen LogP contribution in [0.4, 0.5) is 0 Å². The number of sulfone groups is 1. The number of halogens is 1. The van der Waals surface area contributed by atoms with Crippen LogP contribution >= 0.6 is 24.0 Å². The zero-order valence-corrected chi connectivity index (χ0v) is 18.5. The van der Waals surface area contributed by atoms with Crippen molar-refractivity contribution in [2.24, 2.45) is 16.8 Å². The molecule has 0 aromatic carbocycles. The topological polar surface area (TPSA) is 70.6 Å². The fourth-order valence-electron chi connectivity index (χ4n) is 4.34. The minimum absolute atomic E-state index is 0. The molecule has 2 saturated carbocycles. The highest BCUT2D eigenvalue weighted by atomic mass is 127. The van der Waals surface area contributed by atoms with Crippen LogP contribution in [0.25, 0.3) is 0 Å². The van der Waals surface area contributed by atoms with Gasteiger partial charge < -0.3 is 10.6 Å². The molecule has 0 spiro atoms. The van der Waals surface area contributed by atoms with Gasteiger partial charge in [0.15, 0.2) is 15.8 Å². The van der Waals surface area contributed by atoms with Crippen LogP contribution in [0.1, 0.15) is 64.7 Å². The van der Waals surface area contributed by atoms with E-state index in [0.29, 0.717) is 30.1 Å². The first kappa shape index (κ1) is 21.3. The van der Waals surface area contributed by atoms with E-state index in [1.807, 2.05) is 0 Å². The molecule has 3 atom stereocenters. The van der Waals surface area contributed by atoms with E-state index in [0.717, 1.165) is 18.3 Å². The number of rotatable bonds is 4. The SMILES string of the molecule is CC1CCC(NC(=NCC2CCS(=O)(=O)C2)NC2CCCCC2)C1.I. The molecule has 0 radical (unpaired) electrons. The molecule has 7 heteroatoms. The van der Waals surface area contributed by atoms with E-state index in [-0.39, 0.29) is 29.9 Å². The van der Waals surface area contributed by atoms with Crippen molar-refractivity contribution in [3.05, 3.63) is 0 Å². The van der Waals surface area contributed by atoms with Gasteiger partial charge in [-0.2, -0.15) is 0 Å². The highest BCUT2D eigenvalue weighted by molar-refractivity contribution is 14.0. The van der Waals surface area contributed by atoms with E-state index in [4.69, 9.17) is 4.99 Å². The summed E-state index contributed by atoms with van der Waals surface area (Å²) in [5.41, 5.74) is 0. The Hall–Kier alpha value is -0.0500. The van der Waals surface area contributed by atoms with Gasteiger partial charge in [-0.15, -0.1) is 24.0 Å². The molecule has 3 fully saturated rings. The number of nitrogens with one attached hydrogen (secondary N) is 2. The lowest BCUT2D eigenvalue weighted by Gasteiger charge is -2.27. The summed E-state index contributed by atoms with van der Waals surface area (Å²) in [5.74, 6) is 2.56. The van der Waals surface area contributed by atoms with Crippen molar-refractivity contribution in [3.8, 4) is 0 Å². The molecule has 1 heterocycles. The molecule has 0 aromatic heterocycles. The van der Waals surface area contributed by atoms with E-state index in [9.17, 15) is 8.42 Å². The molecule has 0 aromatic rings. The highest BCUT2D eigenvalue weighted by Crippen LogP contribution is 2.25. The number of aliphatic imine (C=N–C) groups is 1. The van der Waals surface area contributed by atoms with Gasteiger partial charge in [-0.25, -0.2) is 8.42 Å². The van der Waals surface area contributed by atoms with Gasteiger partial charge in [0, 0.05) is 18.6 Å². The molecule has 1 aliphatic heterocycles. The van der Waals surface area contributed by atoms with Crippen molar-refractivity contribution in [2.75, 3.05) is 18.1 Å². The molecule has 1 saturated heterocycles. The van der Waals surface area contributed by atoms with Crippen LogP contribution < -0.4 is 10.6 Å². The van der Waals surface area contributed by atoms with Gasteiger partial charge in [-0.3, -0.25) is 4.99 Å². The van der Waals surface area contributed by atoms with Crippen LogP contribution in [0.3, 0.4) is 0 Å². The molecule has 2 aliphatic carbocycles. The average molecular weight is 483 g/mol. The molecule has 3 rings (SSSR count). The van der Waals surface area contributed by atoms with Crippen molar-refractivity contribution < 1.29 is 8.42 Å². The summed E-state index contributed by atoms with van der Waals surface area (Å²) in [4.78, 5) is 4.78. The lowest BCUT2D eigenvalue weighted by atomic mass is 9.96. The second-order valence-electron chi connectivity index (χ2n) is 8.20. The third-order valence-electron chi connectivity index (χ3n) is 5.82. The molecule has 3 aliphatic rings. The Morgan fingerprint density at radius 2 is 1.72 bits per heavy atom. The summed E-state index contributed by atoms with van der Waals surface area (Å²) in [6, 6.07) is 1.04. The van der Waals surface area contributed by atoms with E-state index >= 15 is 0 Å². The van der Waals surface area contributed by atoms with Crippen molar-refractivity contribution in [1.29, 1.82) is 0 Å². The van der Waals surface area contributed by atoms with Gasteiger partial charge in [0.2, 0.25) is 0 Å². The molecule has 2 N–H and O–H groups in total. The van der Waals surface area contributed by atoms with Crippen LogP contribution in [-0.4, -0.2) is 44.5 Å². The Balaban J connectivity index is 0.00000225. The first-order valence-electron chi connectivity index (χ1n) is 9.78. The largest absolute Gasteiger partial charge is 0.354 e. The quantitative estimate of drug-likeness (QED) is 0.366. The fraction of sp³-hybridized carbons (Fsp3) is 0.944. The lowest BCUT2D eigenvalue weighted by molar-refractivity contribution is 0.406. The maximum absolute atomic E-state index is 11.6. The van der Waals surface area contributed by atoms with E-state index < -0.39 is 9.84 Å². The van der Waals surface area contributed by atoms with Crippen molar-refractivity contribution in [3.63, 3.8) is 0 Å². The zero-order chi connectivity index (χ0) is 17.0. The van der Waals surface area contributed by atoms with Gasteiger partial charge in [0.25, 0.3) is 0 Å². The summed E-state index contributed by atoms with van der Waals surface area (Å²) in [5, 5.41) is 7.26. The van der Waals surface area contributed by atoms with Gasteiger partial charge >= 0.3 is 0 Å². The van der Waals surface area contributed by atoms with E-state index in [1.165, 1.54) is 51.4 Å². The first-order chi connectivity index (χ1) is 11.5. The predicted molar refractivity (Wildman–Crippen MR) is 114 cm³/mol. The molecule has 0 amide bonds. The minimum Gasteiger partial charge on any atom is -0.354 e. The van der Waals surface area contributed by atoms with Crippen molar-refractivity contribution in [1.82, 2.24) is 10.6 Å². The number of guanidine groups is 1. The fourth-order valence-corrected chi connectivity index (χ4v) is 6.19. The Morgan fingerprint density at radius 3 is 2.32 bits per heavy atom. The Kier molecular flexibility index (Phi) is 8.30. The van der Waals surface area contributed by atoms with Crippen molar-refractivity contribution in [2.45, 2.75) is 76.8 Å². The Labute approximate surface area is 170 Å². The minimum atomic E-state index is -2.81. The number of hydrogen-bond donors (Lipinski definition) is 2.